The number of aromatic nitrogens is 2. The Morgan fingerprint density at radius 2 is 2.55 bits per heavy atom. The van der Waals surface area contributed by atoms with Crippen LogP contribution in [0.15, 0.2) is 6.20 Å². The lowest BCUT2D eigenvalue weighted by atomic mass is 10.7. The molecular weight excluding hydrogens is 166 g/mol. The highest BCUT2D eigenvalue weighted by Crippen LogP contribution is 2.14. The Labute approximate surface area is 67.8 Å². The quantitative estimate of drug-likeness (QED) is 0.628. The molecule has 0 unspecified atom stereocenters. The maximum atomic E-state index is 10.9. The van der Waals surface area contributed by atoms with Crippen molar-refractivity contribution in [3.8, 4) is 0 Å². The molecule has 1 rings (SSSR count). The lowest BCUT2D eigenvalue weighted by molar-refractivity contribution is 0.180. The summed E-state index contributed by atoms with van der Waals surface area (Å²) in [4.78, 5) is 12.2. The van der Waals surface area contributed by atoms with Crippen LogP contribution in [0.1, 0.15) is 0 Å². The number of hydrogen-bond donors (Lipinski definition) is 0. The normalized spacial score (nSPS) is 9.27. The minimum Gasteiger partial charge on any atom is -0.452 e. The molecular formula is C5H7N3O2S. The van der Waals surface area contributed by atoms with Crippen LogP contribution in [0.3, 0.4) is 0 Å². The van der Waals surface area contributed by atoms with Gasteiger partial charge in [-0.3, -0.25) is 4.90 Å². The van der Waals surface area contributed by atoms with Gasteiger partial charge in [0.05, 0.1) is 13.3 Å². The molecule has 1 aromatic rings. The molecule has 0 aliphatic rings. The van der Waals surface area contributed by atoms with E-state index in [-0.39, 0.29) is 0 Å². The van der Waals surface area contributed by atoms with Crippen LogP contribution in [0.4, 0.5) is 9.80 Å². The van der Waals surface area contributed by atoms with Crippen molar-refractivity contribution in [3.63, 3.8) is 0 Å². The van der Waals surface area contributed by atoms with Crippen LogP contribution in [-0.4, -0.2) is 29.8 Å². The van der Waals surface area contributed by atoms with Gasteiger partial charge in [0.2, 0.25) is 0 Å². The minimum atomic E-state index is -0.420. The Morgan fingerprint density at radius 3 is 3.00 bits per heavy atom. The molecule has 0 saturated carbocycles. The maximum absolute atomic E-state index is 10.9. The van der Waals surface area contributed by atoms with Gasteiger partial charge < -0.3 is 4.74 Å². The summed E-state index contributed by atoms with van der Waals surface area (Å²) in [6.45, 7) is 0. The highest BCUT2D eigenvalue weighted by molar-refractivity contribution is 7.10. The predicted octanol–water partition coefficient (Wildman–Crippen LogP) is 0.741. The number of carbonyl (C=O) groups is 1. The number of methoxy groups -OCH3 is 1. The van der Waals surface area contributed by atoms with Crippen molar-refractivity contribution in [2.45, 2.75) is 0 Å². The predicted molar refractivity (Wildman–Crippen MR) is 40.7 cm³/mol. The zero-order valence-electron chi connectivity index (χ0n) is 6.14. The number of rotatable bonds is 1. The number of anilines is 1. The van der Waals surface area contributed by atoms with Gasteiger partial charge in [0.15, 0.2) is 0 Å². The first-order valence-corrected chi connectivity index (χ1v) is 3.62. The SMILES string of the molecule is COC(=O)N(C)c1cnns1. The lowest BCUT2D eigenvalue weighted by Crippen LogP contribution is -2.24. The molecule has 0 aromatic carbocycles. The van der Waals surface area contributed by atoms with Crippen LogP contribution in [0.2, 0.25) is 0 Å². The van der Waals surface area contributed by atoms with Crippen molar-refractivity contribution in [1.82, 2.24) is 9.59 Å². The average Bonchev–Trinajstić information content (AvgIpc) is 2.53. The summed E-state index contributed by atoms with van der Waals surface area (Å²) in [5, 5.41) is 4.24. The molecule has 0 saturated heterocycles. The van der Waals surface area contributed by atoms with Crippen molar-refractivity contribution >= 4 is 22.6 Å². The largest absolute Gasteiger partial charge is 0.452 e. The van der Waals surface area contributed by atoms with Gasteiger partial charge in [0, 0.05) is 18.6 Å². The van der Waals surface area contributed by atoms with E-state index in [0.29, 0.717) is 5.00 Å². The van der Waals surface area contributed by atoms with Crippen molar-refractivity contribution in [3.05, 3.63) is 6.20 Å². The molecule has 0 N–H and O–H groups in total. The molecule has 0 fully saturated rings. The Kier molecular flexibility index (Phi) is 2.37. The van der Waals surface area contributed by atoms with E-state index < -0.39 is 6.09 Å². The number of carbonyl (C=O) groups excluding carboxylic acids is 1. The first-order valence-electron chi connectivity index (χ1n) is 2.84. The van der Waals surface area contributed by atoms with Gasteiger partial charge in [-0.15, -0.1) is 5.10 Å². The van der Waals surface area contributed by atoms with Crippen molar-refractivity contribution in [2.24, 2.45) is 0 Å². The molecule has 60 valence electrons. The molecule has 1 amide bonds. The topological polar surface area (TPSA) is 55.3 Å². The van der Waals surface area contributed by atoms with Gasteiger partial charge in [-0.25, -0.2) is 4.79 Å². The Balaban J connectivity index is 2.70. The summed E-state index contributed by atoms with van der Waals surface area (Å²) in [5.74, 6) is 0. The fraction of sp³-hybridized carbons (Fsp3) is 0.400. The second-order valence-electron chi connectivity index (χ2n) is 1.78. The van der Waals surface area contributed by atoms with Gasteiger partial charge in [-0.05, 0) is 0 Å². The first kappa shape index (κ1) is 7.93. The summed E-state index contributed by atoms with van der Waals surface area (Å²) in [6.07, 6.45) is 1.08. The summed E-state index contributed by atoms with van der Waals surface area (Å²) in [5.41, 5.74) is 0. The van der Waals surface area contributed by atoms with Crippen LogP contribution in [0.5, 0.6) is 0 Å². The smallest absolute Gasteiger partial charge is 0.414 e. The third-order valence-electron chi connectivity index (χ3n) is 1.13. The van der Waals surface area contributed by atoms with Crippen LogP contribution in [-0.2, 0) is 4.74 Å². The zero-order valence-corrected chi connectivity index (χ0v) is 6.96. The highest BCUT2D eigenvalue weighted by Gasteiger charge is 2.11. The van der Waals surface area contributed by atoms with E-state index in [2.05, 4.69) is 14.3 Å². The van der Waals surface area contributed by atoms with Crippen LogP contribution in [0.25, 0.3) is 0 Å². The van der Waals surface area contributed by atoms with E-state index in [0.717, 1.165) is 11.5 Å². The Bertz CT molecular complexity index is 236. The summed E-state index contributed by atoms with van der Waals surface area (Å²) < 4.78 is 8.08. The van der Waals surface area contributed by atoms with Gasteiger partial charge in [0.1, 0.15) is 5.00 Å². The fourth-order valence-corrected chi connectivity index (χ4v) is 1.01. The summed E-state index contributed by atoms with van der Waals surface area (Å²) in [7, 11) is 2.92. The monoisotopic (exact) mass is 173 g/mol. The molecule has 0 spiro atoms. The second kappa shape index (κ2) is 3.29. The molecule has 0 radical (unpaired) electrons. The van der Waals surface area contributed by atoms with Crippen LogP contribution in [0, 0.1) is 0 Å². The molecule has 11 heavy (non-hydrogen) atoms. The van der Waals surface area contributed by atoms with E-state index in [1.165, 1.54) is 18.2 Å². The van der Waals surface area contributed by atoms with E-state index >= 15 is 0 Å². The molecule has 6 heteroatoms. The van der Waals surface area contributed by atoms with Gasteiger partial charge >= 0.3 is 6.09 Å². The van der Waals surface area contributed by atoms with Crippen LogP contribution < -0.4 is 4.90 Å². The second-order valence-corrected chi connectivity index (χ2v) is 2.55. The first-order chi connectivity index (χ1) is 5.25. The van der Waals surface area contributed by atoms with E-state index in [1.807, 2.05) is 0 Å². The van der Waals surface area contributed by atoms with E-state index in [1.54, 1.807) is 7.05 Å². The van der Waals surface area contributed by atoms with Gasteiger partial charge in [0.25, 0.3) is 0 Å². The molecule has 1 aromatic heterocycles. The summed E-state index contributed by atoms with van der Waals surface area (Å²) >= 11 is 1.14. The molecule has 5 nitrogen and oxygen atoms in total. The van der Waals surface area contributed by atoms with Crippen molar-refractivity contribution in [2.75, 3.05) is 19.1 Å². The average molecular weight is 173 g/mol. The summed E-state index contributed by atoms with van der Waals surface area (Å²) in [6, 6.07) is 0. The minimum absolute atomic E-state index is 0.420. The van der Waals surface area contributed by atoms with E-state index in [9.17, 15) is 4.79 Å². The molecule has 0 bridgehead atoms. The Morgan fingerprint density at radius 1 is 1.82 bits per heavy atom. The zero-order chi connectivity index (χ0) is 8.27. The third-order valence-corrected chi connectivity index (χ3v) is 1.87. The van der Waals surface area contributed by atoms with E-state index in [4.69, 9.17) is 0 Å². The Hall–Kier alpha value is -1.17. The number of amides is 1. The van der Waals surface area contributed by atoms with Crippen molar-refractivity contribution in [1.29, 1.82) is 0 Å². The number of ether oxygens (including phenoxy) is 1. The van der Waals surface area contributed by atoms with Crippen molar-refractivity contribution < 1.29 is 9.53 Å². The lowest BCUT2D eigenvalue weighted by Gasteiger charge is -2.10. The molecule has 1 heterocycles. The molecule has 0 aliphatic heterocycles. The van der Waals surface area contributed by atoms with Gasteiger partial charge in [-0.2, -0.15) is 0 Å². The third kappa shape index (κ3) is 1.64. The van der Waals surface area contributed by atoms with Crippen LogP contribution >= 0.6 is 11.5 Å². The highest BCUT2D eigenvalue weighted by atomic mass is 32.1. The molecule has 0 atom stereocenters. The maximum Gasteiger partial charge on any atom is 0.414 e. The fourth-order valence-electron chi connectivity index (χ4n) is 0.537. The number of hydrogen-bond acceptors (Lipinski definition) is 5. The standard InChI is InChI=1S/C5H7N3O2S/c1-8(5(9)10-2)4-3-6-7-11-4/h3H,1-2H3. The van der Waals surface area contributed by atoms with Gasteiger partial charge in [-0.1, -0.05) is 4.49 Å². The molecule has 0 aliphatic carbocycles. The number of nitrogens with zero attached hydrogens (tertiary/aromatic N) is 3.